The molecule has 1 N–H and O–H groups in total. The first-order chi connectivity index (χ1) is 11.5. The molecular weight excluding hydrogens is 320 g/mol. The molecule has 0 bridgehead atoms. The molecule has 124 valence electrons. The van der Waals surface area contributed by atoms with E-state index >= 15 is 0 Å². The van der Waals surface area contributed by atoms with E-state index in [0.717, 1.165) is 32.2 Å². The van der Waals surface area contributed by atoms with Gasteiger partial charge in [0.25, 0.3) is 5.91 Å². The first kappa shape index (κ1) is 16.1. The van der Waals surface area contributed by atoms with Gasteiger partial charge in [-0.2, -0.15) is 5.10 Å². The number of rotatable bonds is 4. The second-order valence-corrected chi connectivity index (χ2v) is 6.48. The van der Waals surface area contributed by atoms with Gasteiger partial charge >= 0.3 is 0 Å². The number of carbonyl (C=O) groups excluding carboxylic acids is 1. The van der Waals surface area contributed by atoms with Gasteiger partial charge in [-0.15, -0.1) is 11.3 Å². The maximum atomic E-state index is 12.7. The van der Waals surface area contributed by atoms with Gasteiger partial charge in [0.2, 0.25) is 0 Å². The lowest BCUT2D eigenvalue weighted by molar-refractivity contribution is 0.102. The minimum Gasteiger partial charge on any atom is -0.320 e. The molecule has 3 heterocycles. The number of nitrogens with zero attached hydrogens (tertiary/aromatic N) is 3. The SMILES string of the molecule is C=C/C(=C\C)c1cn2ncc(C(=O)Nc3cc(C)cnc3C)c2s1.[HH]. The fraction of sp³-hybridized carbons (Fsp3) is 0.167. The first-order valence-corrected chi connectivity index (χ1v) is 8.36. The highest BCUT2D eigenvalue weighted by atomic mass is 32.1. The number of hydrogen-bond donors (Lipinski definition) is 1. The number of allylic oxidation sites excluding steroid dienone is 3. The number of pyridine rings is 1. The fourth-order valence-corrected chi connectivity index (χ4v) is 3.52. The summed E-state index contributed by atoms with van der Waals surface area (Å²) in [5, 5.41) is 7.21. The van der Waals surface area contributed by atoms with Crippen LogP contribution in [0, 0.1) is 13.8 Å². The summed E-state index contributed by atoms with van der Waals surface area (Å²) in [5.74, 6) is -0.186. The lowest BCUT2D eigenvalue weighted by Crippen LogP contribution is -2.12. The van der Waals surface area contributed by atoms with Crippen molar-refractivity contribution in [1.82, 2.24) is 14.6 Å². The number of fused-ring (bicyclic) bond motifs is 1. The highest BCUT2D eigenvalue weighted by molar-refractivity contribution is 7.18. The second-order valence-electron chi connectivity index (χ2n) is 5.45. The summed E-state index contributed by atoms with van der Waals surface area (Å²) in [6.07, 6.45) is 9.06. The second kappa shape index (κ2) is 6.41. The summed E-state index contributed by atoms with van der Waals surface area (Å²) >= 11 is 1.52. The van der Waals surface area contributed by atoms with E-state index in [1.807, 2.05) is 39.1 Å². The van der Waals surface area contributed by atoms with E-state index in [-0.39, 0.29) is 7.33 Å². The van der Waals surface area contributed by atoms with Crippen molar-refractivity contribution in [2.75, 3.05) is 5.32 Å². The van der Waals surface area contributed by atoms with Crippen LogP contribution >= 0.6 is 11.3 Å². The lowest BCUT2D eigenvalue weighted by atomic mass is 10.2. The predicted octanol–water partition coefficient (Wildman–Crippen LogP) is 4.50. The Balaban J connectivity index is 0.00000225. The van der Waals surface area contributed by atoms with Crippen LogP contribution in [0.1, 0.15) is 34.8 Å². The number of aryl methyl sites for hydroxylation is 2. The molecule has 0 fully saturated rings. The number of hydrogen-bond acceptors (Lipinski definition) is 4. The third-order valence-corrected chi connectivity index (χ3v) is 4.89. The number of carbonyl (C=O) groups is 1. The van der Waals surface area contributed by atoms with Crippen LogP contribution in [0.5, 0.6) is 0 Å². The summed E-state index contributed by atoms with van der Waals surface area (Å²) in [4.78, 5) is 18.8. The average molecular weight is 340 g/mol. The van der Waals surface area contributed by atoms with Crippen molar-refractivity contribution in [2.45, 2.75) is 20.8 Å². The summed E-state index contributed by atoms with van der Waals surface area (Å²) in [6.45, 7) is 9.59. The monoisotopic (exact) mass is 340 g/mol. The molecule has 0 unspecified atom stereocenters. The zero-order valence-corrected chi connectivity index (χ0v) is 14.6. The van der Waals surface area contributed by atoms with Crippen LogP contribution < -0.4 is 5.32 Å². The van der Waals surface area contributed by atoms with Crippen molar-refractivity contribution in [3.8, 4) is 0 Å². The van der Waals surface area contributed by atoms with E-state index in [1.54, 1.807) is 23.0 Å². The molecule has 3 aromatic heterocycles. The lowest BCUT2D eigenvalue weighted by Gasteiger charge is -2.07. The quantitative estimate of drug-likeness (QED) is 0.712. The normalized spacial score (nSPS) is 11.7. The van der Waals surface area contributed by atoms with Gasteiger partial charge in [0, 0.05) is 13.8 Å². The molecule has 6 heteroatoms. The highest BCUT2D eigenvalue weighted by Gasteiger charge is 2.17. The Morgan fingerprint density at radius 3 is 2.92 bits per heavy atom. The number of nitrogens with one attached hydrogen (secondary N) is 1. The topological polar surface area (TPSA) is 59.3 Å². The Morgan fingerprint density at radius 1 is 1.42 bits per heavy atom. The minimum absolute atomic E-state index is 0. The van der Waals surface area contributed by atoms with Gasteiger partial charge in [0.15, 0.2) is 0 Å². The van der Waals surface area contributed by atoms with Crippen LogP contribution in [-0.4, -0.2) is 20.5 Å². The van der Waals surface area contributed by atoms with Gasteiger partial charge in [-0.05, 0) is 38.0 Å². The minimum atomic E-state index is -0.186. The fourth-order valence-electron chi connectivity index (χ4n) is 2.39. The van der Waals surface area contributed by atoms with Crippen molar-refractivity contribution in [3.05, 3.63) is 65.1 Å². The third-order valence-electron chi connectivity index (χ3n) is 3.73. The Morgan fingerprint density at radius 2 is 2.21 bits per heavy atom. The van der Waals surface area contributed by atoms with Crippen LogP contribution in [0.25, 0.3) is 10.4 Å². The zero-order valence-electron chi connectivity index (χ0n) is 13.8. The number of thiazole rings is 1. The highest BCUT2D eigenvalue weighted by Crippen LogP contribution is 2.28. The van der Waals surface area contributed by atoms with E-state index in [0.29, 0.717) is 5.56 Å². The van der Waals surface area contributed by atoms with Crippen LogP contribution in [0.15, 0.2) is 43.4 Å². The zero-order chi connectivity index (χ0) is 17.3. The van der Waals surface area contributed by atoms with Crippen molar-refractivity contribution < 1.29 is 6.22 Å². The maximum absolute atomic E-state index is 12.7. The molecule has 0 saturated carbocycles. The molecule has 24 heavy (non-hydrogen) atoms. The average Bonchev–Trinajstić information content (AvgIpc) is 3.12. The Kier molecular flexibility index (Phi) is 4.31. The molecule has 0 saturated heterocycles. The van der Waals surface area contributed by atoms with E-state index in [9.17, 15) is 4.79 Å². The van der Waals surface area contributed by atoms with Crippen molar-refractivity contribution in [2.24, 2.45) is 0 Å². The van der Waals surface area contributed by atoms with E-state index in [1.165, 1.54) is 11.3 Å². The van der Waals surface area contributed by atoms with Gasteiger partial charge in [-0.1, -0.05) is 18.7 Å². The van der Waals surface area contributed by atoms with Crippen LogP contribution in [0.2, 0.25) is 0 Å². The van der Waals surface area contributed by atoms with Gasteiger partial charge in [0.1, 0.15) is 4.83 Å². The summed E-state index contributed by atoms with van der Waals surface area (Å²) in [7, 11) is 0. The Labute approximate surface area is 145 Å². The smallest absolute Gasteiger partial charge is 0.260 e. The molecule has 5 nitrogen and oxygen atoms in total. The first-order valence-electron chi connectivity index (χ1n) is 7.54. The summed E-state index contributed by atoms with van der Waals surface area (Å²) in [6, 6.07) is 1.91. The molecule has 3 rings (SSSR count). The molecule has 1 amide bonds. The predicted molar refractivity (Wildman–Crippen MR) is 101 cm³/mol. The molecule has 0 atom stereocenters. The van der Waals surface area contributed by atoms with Crippen molar-refractivity contribution in [1.29, 1.82) is 0 Å². The standard InChI is InChI=1S/C18H18N4OS.H2/c1-5-13(6-2)16-10-22-18(24-16)14(9-20-22)17(23)21-15-7-11(3)8-19-12(15)4;/h5-10H,1H2,2-4H3,(H,21,23);1H/b13-6+;. The van der Waals surface area contributed by atoms with Crippen LogP contribution in [0.3, 0.4) is 0 Å². The summed E-state index contributed by atoms with van der Waals surface area (Å²) in [5.41, 5.74) is 4.07. The van der Waals surface area contributed by atoms with Crippen LogP contribution in [0.4, 0.5) is 5.69 Å². The van der Waals surface area contributed by atoms with Crippen molar-refractivity contribution in [3.63, 3.8) is 0 Å². The number of aromatic nitrogens is 3. The van der Waals surface area contributed by atoms with Crippen molar-refractivity contribution >= 4 is 33.3 Å². The van der Waals surface area contributed by atoms with E-state index in [4.69, 9.17) is 0 Å². The van der Waals surface area contributed by atoms with Gasteiger partial charge in [-0.3, -0.25) is 9.78 Å². The number of amides is 1. The molecule has 0 spiro atoms. The molecule has 0 radical (unpaired) electrons. The Hall–Kier alpha value is -2.73. The largest absolute Gasteiger partial charge is 0.320 e. The van der Waals surface area contributed by atoms with Gasteiger partial charge < -0.3 is 5.32 Å². The molecule has 0 aliphatic heterocycles. The van der Waals surface area contributed by atoms with Gasteiger partial charge in [0.05, 0.1) is 28.0 Å². The maximum Gasteiger partial charge on any atom is 0.260 e. The molecular formula is C18H20N4OS. The molecule has 0 aliphatic carbocycles. The molecule has 3 aromatic rings. The van der Waals surface area contributed by atoms with E-state index < -0.39 is 0 Å². The number of anilines is 1. The molecule has 0 aromatic carbocycles. The summed E-state index contributed by atoms with van der Waals surface area (Å²) < 4.78 is 1.73. The van der Waals surface area contributed by atoms with E-state index in [2.05, 4.69) is 22.0 Å². The third kappa shape index (κ3) is 2.88. The van der Waals surface area contributed by atoms with Gasteiger partial charge in [-0.25, -0.2) is 4.52 Å². The molecule has 0 aliphatic rings. The Bertz CT molecular complexity index is 971. The van der Waals surface area contributed by atoms with Crippen LogP contribution in [-0.2, 0) is 0 Å².